The number of allylic oxidation sites excluding steroid dienone is 2. The van der Waals surface area contributed by atoms with E-state index in [0.717, 1.165) is 23.2 Å². The van der Waals surface area contributed by atoms with Gasteiger partial charge in [-0.3, -0.25) is 0 Å². The van der Waals surface area contributed by atoms with Crippen molar-refractivity contribution in [3.8, 4) is 0 Å². The molecule has 0 saturated carbocycles. The van der Waals surface area contributed by atoms with Crippen molar-refractivity contribution in [3.63, 3.8) is 0 Å². The molecule has 2 aromatic carbocycles. The summed E-state index contributed by atoms with van der Waals surface area (Å²) in [6.45, 7) is 0. The summed E-state index contributed by atoms with van der Waals surface area (Å²) in [5, 5.41) is 14.4. The molecule has 0 saturated heterocycles. The van der Waals surface area contributed by atoms with Gasteiger partial charge in [0.25, 0.3) is 0 Å². The summed E-state index contributed by atoms with van der Waals surface area (Å²) in [6, 6.07) is 8.52. The number of anilines is 1. The summed E-state index contributed by atoms with van der Waals surface area (Å²) in [4.78, 5) is 11.7. The van der Waals surface area contributed by atoms with Crippen LogP contribution in [0.2, 0.25) is 15.1 Å². The summed E-state index contributed by atoms with van der Waals surface area (Å²) in [6.07, 6.45) is 5.04. The third kappa shape index (κ3) is 2.62. The molecule has 0 fully saturated rings. The van der Waals surface area contributed by atoms with Crippen LogP contribution in [0.1, 0.15) is 39.9 Å². The minimum Gasteiger partial charge on any atom is -0.478 e. The van der Waals surface area contributed by atoms with Gasteiger partial charge in [-0.25, -0.2) is 4.79 Å². The number of aromatic carboxylic acids is 1. The molecule has 1 aliphatic heterocycles. The topological polar surface area (TPSA) is 49.3 Å². The van der Waals surface area contributed by atoms with Gasteiger partial charge in [-0.1, -0.05) is 65.2 Å². The van der Waals surface area contributed by atoms with Gasteiger partial charge in [-0.05, 0) is 30.0 Å². The molecule has 3 atom stereocenters. The van der Waals surface area contributed by atoms with Crippen molar-refractivity contribution in [1.29, 1.82) is 0 Å². The first-order chi connectivity index (χ1) is 12.0. The van der Waals surface area contributed by atoms with Crippen LogP contribution in [0.15, 0.2) is 42.5 Å². The Morgan fingerprint density at radius 3 is 2.68 bits per heavy atom. The van der Waals surface area contributed by atoms with Crippen molar-refractivity contribution in [2.45, 2.75) is 18.4 Å². The van der Waals surface area contributed by atoms with E-state index in [9.17, 15) is 9.90 Å². The molecule has 0 amide bonds. The van der Waals surface area contributed by atoms with Crippen LogP contribution in [0.3, 0.4) is 0 Å². The van der Waals surface area contributed by atoms with Crippen LogP contribution in [0, 0.1) is 5.92 Å². The average molecular weight is 395 g/mol. The van der Waals surface area contributed by atoms with Crippen LogP contribution in [0.5, 0.6) is 0 Å². The highest BCUT2D eigenvalue weighted by atomic mass is 35.5. The molecule has 0 radical (unpaired) electrons. The fourth-order valence-electron chi connectivity index (χ4n) is 3.93. The number of carbonyl (C=O) groups is 1. The Morgan fingerprint density at radius 1 is 1.16 bits per heavy atom. The zero-order valence-corrected chi connectivity index (χ0v) is 15.2. The summed E-state index contributed by atoms with van der Waals surface area (Å²) in [7, 11) is 0. The van der Waals surface area contributed by atoms with Crippen LogP contribution < -0.4 is 5.32 Å². The van der Waals surface area contributed by atoms with Crippen molar-refractivity contribution in [2.24, 2.45) is 5.92 Å². The summed E-state index contributed by atoms with van der Waals surface area (Å²) in [5.74, 6) is -0.738. The number of carboxylic acid groups (broad SMARTS) is 1. The molecule has 1 aliphatic carbocycles. The summed E-state index contributed by atoms with van der Waals surface area (Å²) in [5.41, 5.74) is 2.67. The normalized spacial score (nSPS) is 23.7. The van der Waals surface area contributed by atoms with Crippen LogP contribution in [0.25, 0.3) is 0 Å². The van der Waals surface area contributed by atoms with Gasteiger partial charge in [0.15, 0.2) is 0 Å². The van der Waals surface area contributed by atoms with Crippen LogP contribution in [-0.2, 0) is 0 Å². The molecular weight excluding hydrogens is 381 g/mol. The van der Waals surface area contributed by atoms with Gasteiger partial charge in [0.05, 0.1) is 32.4 Å². The highest BCUT2D eigenvalue weighted by Gasteiger charge is 2.41. The average Bonchev–Trinajstić information content (AvgIpc) is 3.08. The second kappa shape index (κ2) is 6.24. The van der Waals surface area contributed by atoms with E-state index in [-0.39, 0.29) is 17.9 Å². The van der Waals surface area contributed by atoms with Crippen LogP contribution in [-0.4, -0.2) is 11.1 Å². The van der Waals surface area contributed by atoms with E-state index in [1.807, 2.05) is 12.1 Å². The Labute approximate surface area is 160 Å². The molecule has 2 aliphatic rings. The van der Waals surface area contributed by atoms with Crippen molar-refractivity contribution in [1.82, 2.24) is 0 Å². The number of rotatable bonds is 2. The van der Waals surface area contributed by atoms with Crippen LogP contribution >= 0.6 is 34.8 Å². The molecule has 128 valence electrons. The molecule has 0 bridgehead atoms. The van der Waals surface area contributed by atoms with E-state index in [4.69, 9.17) is 34.8 Å². The monoisotopic (exact) mass is 393 g/mol. The lowest BCUT2D eigenvalue weighted by Gasteiger charge is -2.39. The molecule has 0 unspecified atom stereocenters. The largest absolute Gasteiger partial charge is 0.478 e. The highest BCUT2D eigenvalue weighted by Crippen LogP contribution is 2.55. The maximum Gasteiger partial charge on any atom is 0.336 e. The molecule has 0 aromatic heterocycles. The number of hydrogen-bond donors (Lipinski definition) is 2. The van der Waals surface area contributed by atoms with E-state index >= 15 is 0 Å². The maximum atomic E-state index is 11.7. The molecule has 0 spiro atoms. The molecule has 25 heavy (non-hydrogen) atoms. The molecule has 6 heteroatoms. The molecule has 4 rings (SSSR count). The third-order valence-corrected chi connectivity index (χ3v) is 6.11. The Bertz CT molecular complexity index is 910. The van der Waals surface area contributed by atoms with Crippen molar-refractivity contribution >= 4 is 46.5 Å². The van der Waals surface area contributed by atoms with Gasteiger partial charge < -0.3 is 10.4 Å². The zero-order chi connectivity index (χ0) is 17.7. The maximum absolute atomic E-state index is 11.7. The second-order valence-electron chi connectivity index (χ2n) is 6.31. The SMILES string of the molecule is O=C(O)c1ccccc1[C@@H]1Nc2c(Cl)cc(Cl)c(Cl)c2[C@@H]2C=CC[C@@H]21. The van der Waals surface area contributed by atoms with E-state index in [0.29, 0.717) is 20.6 Å². The molecule has 1 heterocycles. The molecular formula is C19H14Cl3NO2. The van der Waals surface area contributed by atoms with Crippen molar-refractivity contribution in [3.05, 3.63) is 74.2 Å². The Kier molecular flexibility index (Phi) is 4.19. The standard InChI is InChI=1S/C19H14Cl3NO2/c20-13-8-14(21)18-15(16(13)22)9-6-3-7-10(9)17(23-18)11-4-1-2-5-12(11)19(24)25/h1-6,8-10,17,23H,7H2,(H,24,25)/t9-,10+,17-/m1/s1. The van der Waals surface area contributed by atoms with E-state index in [2.05, 4.69) is 17.5 Å². The fourth-order valence-corrected chi connectivity index (χ4v) is 4.74. The van der Waals surface area contributed by atoms with Gasteiger partial charge >= 0.3 is 5.97 Å². The highest BCUT2D eigenvalue weighted by molar-refractivity contribution is 6.44. The minimum absolute atomic E-state index is 0.0480. The third-order valence-electron chi connectivity index (χ3n) is 5.01. The molecule has 2 aromatic rings. The Morgan fingerprint density at radius 2 is 1.92 bits per heavy atom. The predicted molar refractivity (Wildman–Crippen MR) is 101 cm³/mol. The van der Waals surface area contributed by atoms with Crippen LogP contribution in [0.4, 0.5) is 5.69 Å². The Balaban J connectivity index is 1.90. The number of halogens is 3. The minimum atomic E-state index is -0.939. The zero-order valence-electron chi connectivity index (χ0n) is 13.0. The van der Waals surface area contributed by atoms with Gasteiger partial charge in [0.1, 0.15) is 0 Å². The number of benzene rings is 2. The number of hydrogen-bond acceptors (Lipinski definition) is 2. The van der Waals surface area contributed by atoms with Gasteiger partial charge in [-0.2, -0.15) is 0 Å². The molecule has 2 N–H and O–H groups in total. The second-order valence-corrected chi connectivity index (χ2v) is 7.50. The van der Waals surface area contributed by atoms with E-state index in [1.165, 1.54) is 0 Å². The van der Waals surface area contributed by atoms with E-state index in [1.54, 1.807) is 18.2 Å². The quantitative estimate of drug-likeness (QED) is 0.473. The summed E-state index contributed by atoms with van der Waals surface area (Å²) < 4.78 is 0. The lowest BCUT2D eigenvalue weighted by atomic mass is 9.76. The number of nitrogens with one attached hydrogen (secondary N) is 1. The number of fused-ring (bicyclic) bond motifs is 3. The number of carboxylic acids is 1. The van der Waals surface area contributed by atoms with Gasteiger partial charge in [0, 0.05) is 11.5 Å². The van der Waals surface area contributed by atoms with Gasteiger partial charge in [-0.15, -0.1) is 0 Å². The Hall–Kier alpha value is -1.68. The fraction of sp³-hybridized carbons (Fsp3) is 0.211. The summed E-state index contributed by atoms with van der Waals surface area (Å²) >= 11 is 19.1. The lowest BCUT2D eigenvalue weighted by Crippen LogP contribution is -2.30. The lowest BCUT2D eigenvalue weighted by molar-refractivity contribution is 0.0694. The first-order valence-electron chi connectivity index (χ1n) is 7.92. The first-order valence-corrected chi connectivity index (χ1v) is 9.05. The van der Waals surface area contributed by atoms with Gasteiger partial charge in [0.2, 0.25) is 0 Å². The predicted octanol–water partition coefficient (Wildman–Crippen LogP) is 6.17. The molecule has 3 nitrogen and oxygen atoms in total. The first kappa shape index (κ1) is 16.8. The van der Waals surface area contributed by atoms with E-state index < -0.39 is 5.97 Å². The van der Waals surface area contributed by atoms with Crippen molar-refractivity contribution < 1.29 is 9.90 Å². The van der Waals surface area contributed by atoms with Crippen molar-refractivity contribution in [2.75, 3.05) is 5.32 Å². The smallest absolute Gasteiger partial charge is 0.336 e.